The van der Waals surface area contributed by atoms with Gasteiger partial charge in [0.2, 0.25) is 0 Å². The molecule has 3 heterocycles. The van der Waals surface area contributed by atoms with Crippen LogP contribution in [0.3, 0.4) is 0 Å². The van der Waals surface area contributed by atoms with Gasteiger partial charge in [-0.05, 0) is 92.3 Å². The van der Waals surface area contributed by atoms with Gasteiger partial charge in [0, 0.05) is 11.3 Å². The van der Waals surface area contributed by atoms with Gasteiger partial charge in [-0.1, -0.05) is 46.3 Å². The molecule has 2 bridgehead atoms. The molecule has 0 unspecified atom stereocenters. The number of fused-ring (bicyclic) bond motifs is 4. The minimum absolute atomic E-state index is 0.0234. The fraction of sp³-hybridized carbons (Fsp3) is 0.943. The van der Waals surface area contributed by atoms with E-state index in [4.69, 9.17) is 18.9 Å². The van der Waals surface area contributed by atoms with Crippen molar-refractivity contribution < 1.29 is 44.5 Å². The van der Waals surface area contributed by atoms with Crippen LogP contribution in [0.4, 0.5) is 0 Å². The smallest absolute Gasteiger partial charge is 0.199 e. The van der Waals surface area contributed by atoms with E-state index >= 15 is 0 Å². The van der Waals surface area contributed by atoms with Crippen molar-refractivity contribution in [2.75, 3.05) is 6.61 Å². The molecule has 44 heavy (non-hydrogen) atoms. The maximum absolute atomic E-state index is 12.6. The number of ether oxygens (including phenoxy) is 4. The van der Waals surface area contributed by atoms with E-state index in [1.54, 1.807) is 13.8 Å². The first-order valence-electron chi connectivity index (χ1n) is 17.2. The van der Waals surface area contributed by atoms with Crippen molar-refractivity contribution >= 4 is 0 Å². The minimum Gasteiger partial charge on any atom is -0.388 e. The fourth-order valence-corrected chi connectivity index (χ4v) is 13.1. The SMILES string of the molecule is C[C@@H]1C[C@H]2O[C@@]3(O[C@@H]2C(C)(C)O)[C@@H]1[C@]1(C)CC[C@]24C[C@]25CC[C@H](O[C@@H]2OC[C@@H](O)[C@H](O)[C@H]2O)C(C)(C)[C@@H]5CC=C4[C@]1(C)[C@H]3O. The number of allylic oxidation sites excluding steroid dienone is 1. The molecule has 3 spiro atoms. The molecule has 248 valence electrons. The van der Waals surface area contributed by atoms with Crippen LogP contribution in [0.1, 0.15) is 93.4 Å². The summed E-state index contributed by atoms with van der Waals surface area (Å²) in [5.74, 6) is -0.431. The summed E-state index contributed by atoms with van der Waals surface area (Å²) in [6.07, 6.45) is 2.81. The van der Waals surface area contributed by atoms with Crippen LogP contribution in [0.15, 0.2) is 11.6 Å². The molecule has 16 atom stereocenters. The molecule has 4 saturated carbocycles. The number of aliphatic hydroxyl groups is 5. The van der Waals surface area contributed by atoms with Crippen LogP contribution in [0, 0.1) is 44.8 Å². The van der Waals surface area contributed by atoms with Gasteiger partial charge in [0.15, 0.2) is 12.1 Å². The summed E-state index contributed by atoms with van der Waals surface area (Å²) in [4.78, 5) is 0. The van der Waals surface area contributed by atoms with Crippen molar-refractivity contribution in [1.82, 2.24) is 0 Å². The highest BCUT2D eigenvalue weighted by Crippen LogP contribution is 2.89. The Kier molecular flexibility index (Phi) is 6.20. The lowest BCUT2D eigenvalue weighted by Gasteiger charge is -2.60. The average Bonchev–Trinajstić information content (AvgIpc) is 3.45. The highest BCUT2D eigenvalue weighted by molar-refractivity contribution is 5.48. The molecular formula is C35H54O9. The van der Waals surface area contributed by atoms with Crippen LogP contribution < -0.4 is 0 Å². The van der Waals surface area contributed by atoms with Crippen molar-refractivity contribution in [3.8, 4) is 0 Å². The molecule has 3 aliphatic heterocycles. The summed E-state index contributed by atoms with van der Waals surface area (Å²) in [6, 6.07) is 0. The summed E-state index contributed by atoms with van der Waals surface area (Å²) in [7, 11) is 0. The third-order valence-corrected chi connectivity index (χ3v) is 15.2. The Labute approximate surface area is 261 Å². The molecule has 0 radical (unpaired) electrons. The van der Waals surface area contributed by atoms with Crippen LogP contribution in [-0.2, 0) is 18.9 Å². The largest absolute Gasteiger partial charge is 0.388 e. The molecular weight excluding hydrogens is 564 g/mol. The molecule has 5 aliphatic carbocycles. The summed E-state index contributed by atoms with van der Waals surface area (Å²) in [6.45, 7) is 15.0. The zero-order chi connectivity index (χ0) is 31.6. The second kappa shape index (κ2) is 8.88. The predicted octanol–water partition coefficient (Wildman–Crippen LogP) is 3.04. The van der Waals surface area contributed by atoms with Gasteiger partial charge in [0.05, 0.1) is 24.4 Å². The third kappa shape index (κ3) is 3.33. The Morgan fingerprint density at radius 1 is 0.977 bits per heavy atom. The van der Waals surface area contributed by atoms with Crippen molar-refractivity contribution in [2.24, 2.45) is 44.8 Å². The summed E-state index contributed by atoms with van der Waals surface area (Å²) >= 11 is 0. The van der Waals surface area contributed by atoms with Crippen molar-refractivity contribution in [3.05, 3.63) is 11.6 Å². The lowest BCUT2D eigenvalue weighted by atomic mass is 9.44. The second-order valence-corrected chi connectivity index (χ2v) is 17.8. The molecule has 0 amide bonds. The van der Waals surface area contributed by atoms with Crippen LogP contribution in [0.25, 0.3) is 0 Å². The maximum Gasteiger partial charge on any atom is 0.199 e. The van der Waals surface area contributed by atoms with E-state index in [9.17, 15) is 25.5 Å². The van der Waals surface area contributed by atoms with Crippen molar-refractivity contribution in [1.29, 1.82) is 0 Å². The highest BCUT2D eigenvalue weighted by Gasteiger charge is 2.86. The molecule has 7 fully saturated rings. The normalized spacial score (nSPS) is 60.4. The Morgan fingerprint density at radius 2 is 1.70 bits per heavy atom. The zero-order valence-corrected chi connectivity index (χ0v) is 27.5. The first kappa shape index (κ1) is 30.7. The molecule has 8 rings (SSSR count). The fourth-order valence-electron chi connectivity index (χ4n) is 13.1. The maximum atomic E-state index is 12.6. The first-order chi connectivity index (χ1) is 20.4. The monoisotopic (exact) mass is 618 g/mol. The van der Waals surface area contributed by atoms with Gasteiger partial charge in [0.1, 0.15) is 30.5 Å². The lowest BCUT2D eigenvalue weighted by Crippen LogP contribution is -2.58. The molecule has 8 aliphatic rings. The van der Waals surface area contributed by atoms with Gasteiger partial charge in [0.25, 0.3) is 0 Å². The van der Waals surface area contributed by atoms with Gasteiger partial charge in [-0.3, -0.25) is 0 Å². The minimum atomic E-state index is -1.30. The second-order valence-electron chi connectivity index (χ2n) is 17.8. The molecule has 9 heteroatoms. The third-order valence-electron chi connectivity index (χ3n) is 15.2. The molecule has 0 aromatic carbocycles. The number of hydrogen-bond donors (Lipinski definition) is 5. The van der Waals surface area contributed by atoms with E-state index in [0.29, 0.717) is 11.8 Å². The van der Waals surface area contributed by atoms with E-state index < -0.39 is 53.6 Å². The van der Waals surface area contributed by atoms with Crippen LogP contribution in [0.2, 0.25) is 0 Å². The van der Waals surface area contributed by atoms with Crippen molar-refractivity contribution in [2.45, 2.75) is 154 Å². The predicted molar refractivity (Wildman–Crippen MR) is 159 cm³/mol. The van der Waals surface area contributed by atoms with Gasteiger partial charge in [-0.2, -0.15) is 0 Å². The standard InChI is InChI=1S/C35H54O9/c1-17-14-19-26(30(4,5)40)44-35(43-19)25(17)31(6)12-13-34-16-33(34)11-10-22(42-27-24(38)23(37)18(36)15-41-27)29(2,3)20(33)8-9-21(34)32(31,7)28(35)39/h9,17-20,22-28,36-40H,8,10-16H2,1-7H3/t17-,18-,19-,20+,22+,23+,24-,25+,26+,27+,28-,31+,32-,33+,34-,35-/m1/s1. The van der Waals surface area contributed by atoms with E-state index in [1.165, 1.54) is 5.57 Å². The Balaban J connectivity index is 1.13. The van der Waals surface area contributed by atoms with Gasteiger partial charge in [-0.25, -0.2) is 0 Å². The summed E-state index contributed by atoms with van der Waals surface area (Å²) in [5, 5.41) is 54.4. The van der Waals surface area contributed by atoms with E-state index in [0.717, 1.165) is 44.9 Å². The van der Waals surface area contributed by atoms with Gasteiger partial charge < -0.3 is 44.5 Å². The average molecular weight is 619 g/mol. The molecule has 0 aromatic heterocycles. The van der Waals surface area contributed by atoms with Gasteiger partial charge in [-0.15, -0.1) is 0 Å². The molecule has 3 saturated heterocycles. The van der Waals surface area contributed by atoms with Crippen LogP contribution >= 0.6 is 0 Å². The Bertz CT molecular complexity index is 1260. The number of hydrogen-bond acceptors (Lipinski definition) is 9. The summed E-state index contributed by atoms with van der Waals surface area (Å²) < 4.78 is 25.7. The number of aliphatic hydroxyl groups excluding tert-OH is 4. The van der Waals surface area contributed by atoms with Crippen molar-refractivity contribution in [3.63, 3.8) is 0 Å². The van der Waals surface area contributed by atoms with Gasteiger partial charge >= 0.3 is 0 Å². The summed E-state index contributed by atoms with van der Waals surface area (Å²) in [5.41, 5.74) is -0.456. The highest BCUT2D eigenvalue weighted by atomic mass is 16.8. The first-order valence-corrected chi connectivity index (χ1v) is 17.2. The van der Waals surface area contributed by atoms with E-state index in [-0.39, 0.29) is 46.4 Å². The number of rotatable bonds is 3. The molecule has 9 nitrogen and oxygen atoms in total. The lowest BCUT2D eigenvalue weighted by molar-refractivity contribution is -0.300. The Morgan fingerprint density at radius 3 is 2.41 bits per heavy atom. The Hall–Kier alpha value is -0.620. The topological polar surface area (TPSA) is 138 Å². The van der Waals surface area contributed by atoms with Crippen LogP contribution in [0.5, 0.6) is 0 Å². The van der Waals surface area contributed by atoms with Crippen LogP contribution in [-0.4, -0.2) is 92.5 Å². The van der Waals surface area contributed by atoms with E-state index in [2.05, 4.69) is 40.7 Å². The molecule has 5 N–H and O–H groups in total. The zero-order valence-electron chi connectivity index (χ0n) is 27.5. The van der Waals surface area contributed by atoms with E-state index in [1.807, 2.05) is 0 Å². The molecule has 0 aromatic rings. The quantitative estimate of drug-likeness (QED) is 0.302.